The maximum Gasteiger partial charge on any atom is 0.189 e. The van der Waals surface area contributed by atoms with Gasteiger partial charge in [-0.3, -0.25) is 0 Å². The molecule has 0 spiro atoms. The van der Waals surface area contributed by atoms with E-state index < -0.39 is 111 Å². The van der Waals surface area contributed by atoms with E-state index in [-0.39, 0.29) is 12.8 Å². The molecule has 4 fully saturated rings. The Morgan fingerprint density at radius 2 is 1.43 bits per heavy atom. The first kappa shape index (κ1) is 29.3. The summed E-state index contributed by atoms with van der Waals surface area (Å²) in [5, 5.41) is 64.7. The van der Waals surface area contributed by atoms with Crippen LogP contribution in [0.25, 0.3) is 0 Å². The highest BCUT2D eigenvalue weighted by molar-refractivity contribution is 5.01. The van der Waals surface area contributed by atoms with E-state index in [1.54, 1.807) is 7.05 Å². The molecule has 16 heteroatoms. The van der Waals surface area contributed by atoms with Crippen LogP contribution in [0.3, 0.4) is 0 Å². The summed E-state index contributed by atoms with van der Waals surface area (Å²) in [6.07, 6.45) is -13.7. The van der Waals surface area contributed by atoms with Crippen molar-refractivity contribution in [2.24, 2.45) is 22.9 Å². The first-order chi connectivity index (χ1) is 17.5. The molecule has 3 aliphatic heterocycles. The molecule has 1 aliphatic carbocycles. The van der Waals surface area contributed by atoms with Crippen molar-refractivity contribution in [2.45, 2.75) is 117 Å². The van der Waals surface area contributed by atoms with E-state index in [1.165, 1.54) is 0 Å². The Bertz CT molecular complexity index is 756. The van der Waals surface area contributed by atoms with Crippen LogP contribution in [0.4, 0.5) is 0 Å². The number of hydrogen-bond donors (Lipinski definition) is 11. The van der Waals surface area contributed by atoms with Crippen LogP contribution in [0.1, 0.15) is 12.8 Å². The number of fused-ring (bicyclic) bond motifs is 1. The van der Waals surface area contributed by atoms with Gasteiger partial charge in [0.1, 0.15) is 42.7 Å². The molecule has 3 heterocycles. The highest BCUT2D eigenvalue weighted by Crippen LogP contribution is 2.35. The minimum Gasteiger partial charge on any atom is -0.394 e. The van der Waals surface area contributed by atoms with Crippen molar-refractivity contribution in [3.8, 4) is 0 Å². The molecule has 37 heavy (non-hydrogen) atoms. The van der Waals surface area contributed by atoms with Gasteiger partial charge in [0.2, 0.25) is 0 Å². The molecule has 3 saturated heterocycles. The van der Waals surface area contributed by atoms with Gasteiger partial charge in [0.05, 0.1) is 36.9 Å². The standard InChI is InChI=1S/C21H41N5O11/c1-26-11-14(30)18-8(33-20(11)37-21-16(32)13(29)10(25)9(4-27)34-21)3-7(24)19(36-18)35-17-6(23)2-5(22)12(28)15(17)31/h5-21,26-32H,2-4,22-25H2,1H3/t5?,6?,7?,8-,9?,10-,11?,12-,13+,14?,15-,16?,17?,18?,19+,20-,21-/m1/s1. The third-order valence-electron chi connectivity index (χ3n) is 7.74. The number of likely N-dealkylation sites (N-methyl/N-ethyl adjacent to an activating group) is 1. The molecule has 17 atom stereocenters. The molecule has 0 bridgehead atoms. The average Bonchev–Trinajstić information content (AvgIpc) is 2.86. The van der Waals surface area contributed by atoms with E-state index in [9.17, 15) is 30.6 Å². The van der Waals surface area contributed by atoms with Crippen molar-refractivity contribution >= 4 is 0 Å². The lowest BCUT2D eigenvalue weighted by Crippen LogP contribution is -2.70. The van der Waals surface area contributed by atoms with Crippen LogP contribution in [0.5, 0.6) is 0 Å². The van der Waals surface area contributed by atoms with Gasteiger partial charge in [-0.25, -0.2) is 0 Å². The van der Waals surface area contributed by atoms with E-state index in [2.05, 4.69) is 5.32 Å². The summed E-state index contributed by atoms with van der Waals surface area (Å²) in [5.41, 5.74) is 24.0. The highest BCUT2D eigenvalue weighted by atomic mass is 16.8. The molecule has 4 rings (SSSR count). The summed E-state index contributed by atoms with van der Waals surface area (Å²) in [6.45, 7) is -0.508. The predicted molar refractivity (Wildman–Crippen MR) is 123 cm³/mol. The van der Waals surface area contributed by atoms with Gasteiger partial charge in [-0.05, 0) is 19.9 Å². The van der Waals surface area contributed by atoms with E-state index in [0.717, 1.165) is 0 Å². The number of aliphatic hydroxyl groups excluding tert-OH is 6. The van der Waals surface area contributed by atoms with Crippen molar-refractivity contribution in [3.63, 3.8) is 0 Å². The van der Waals surface area contributed by atoms with E-state index >= 15 is 0 Å². The Labute approximate surface area is 213 Å². The highest BCUT2D eigenvalue weighted by Gasteiger charge is 2.54. The normalized spacial score (nSPS) is 55.1. The largest absolute Gasteiger partial charge is 0.394 e. The third kappa shape index (κ3) is 5.66. The first-order valence-electron chi connectivity index (χ1n) is 12.5. The zero-order chi connectivity index (χ0) is 27.2. The van der Waals surface area contributed by atoms with Gasteiger partial charge in [-0.2, -0.15) is 0 Å². The fraction of sp³-hybridized carbons (Fsp3) is 1.00. The van der Waals surface area contributed by atoms with E-state index in [0.29, 0.717) is 0 Å². The van der Waals surface area contributed by atoms with Gasteiger partial charge in [0, 0.05) is 12.1 Å². The fourth-order valence-electron chi connectivity index (χ4n) is 5.46. The van der Waals surface area contributed by atoms with E-state index in [4.69, 9.17) is 46.6 Å². The molecule has 0 aromatic rings. The van der Waals surface area contributed by atoms with Crippen LogP contribution in [0.2, 0.25) is 0 Å². The second-order valence-electron chi connectivity index (χ2n) is 10.3. The molecule has 0 aromatic heterocycles. The first-order valence-corrected chi connectivity index (χ1v) is 12.5. The molecule has 0 radical (unpaired) electrons. The number of ether oxygens (including phenoxy) is 5. The molecular formula is C21H41N5O11. The van der Waals surface area contributed by atoms with Gasteiger partial charge in [0.15, 0.2) is 18.9 Å². The number of rotatable bonds is 6. The maximum atomic E-state index is 11.1. The SMILES string of the molecule is CNC1C(O)C2O[C@H](OC3C(N)CC(N)[C@@H](O)[C@H]3O)C(N)C[C@H]2O[C@@H]1O[C@H]1OC(CO)[C@@H](N)[C@H](O)C1O. The maximum absolute atomic E-state index is 11.1. The molecule has 0 aromatic carbocycles. The van der Waals surface area contributed by atoms with E-state index in [1.807, 2.05) is 0 Å². The number of nitrogens with one attached hydrogen (secondary N) is 1. The predicted octanol–water partition coefficient (Wildman–Crippen LogP) is -6.95. The van der Waals surface area contributed by atoms with Crippen molar-refractivity contribution < 1.29 is 54.3 Å². The quantitative estimate of drug-likeness (QED) is 0.149. The molecule has 1 saturated carbocycles. The van der Waals surface area contributed by atoms with Gasteiger partial charge < -0.3 is 82.6 Å². The summed E-state index contributed by atoms with van der Waals surface area (Å²) in [6, 6.07) is -4.05. The summed E-state index contributed by atoms with van der Waals surface area (Å²) >= 11 is 0. The monoisotopic (exact) mass is 539 g/mol. The average molecular weight is 540 g/mol. The minimum atomic E-state index is -1.54. The summed E-state index contributed by atoms with van der Waals surface area (Å²) in [5.74, 6) is 0. The van der Waals surface area contributed by atoms with Crippen molar-refractivity contribution in [1.29, 1.82) is 0 Å². The molecule has 9 unspecified atom stereocenters. The Hall–Kier alpha value is -0.640. The minimum absolute atomic E-state index is 0.156. The number of hydrogen-bond acceptors (Lipinski definition) is 16. The Morgan fingerprint density at radius 1 is 0.730 bits per heavy atom. The Balaban J connectivity index is 1.43. The Morgan fingerprint density at radius 3 is 2.08 bits per heavy atom. The van der Waals surface area contributed by atoms with Crippen LogP contribution in [-0.4, -0.2) is 148 Å². The molecular weight excluding hydrogens is 498 g/mol. The Kier molecular flexibility index (Phi) is 9.40. The zero-order valence-electron chi connectivity index (χ0n) is 20.5. The van der Waals surface area contributed by atoms with Gasteiger partial charge >= 0.3 is 0 Å². The second-order valence-corrected chi connectivity index (χ2v) is 10.3. The van der Waals surface area contributed by atoms with Crippen molar-refractivity contribution in [1.82, 2.24) is 5.32 Å². The lowest BCUT2D eigenvalue weighted by Gasteiger charge is -2.51. The van der Waals surface area contributed by atoms with Crippen LogP contribution < -0.4 is 28.3 Å². The van der Waals surface area contributed by atoms with Gasteiger partial charge in [0.25, 0.3) is 0 Å². The zero-order valence-corrected chi connectivity index (χ0v) is 20.5. The molecule has 216 valence electrons. The fourth-order valence-corrected chi connectivity index (χ4v) is 5.46. The van der Waals surface area contributed by atoms with Crippen LogP contribution in [-0.2, 0) is 23.7 Å². The molecule has 4 aliphatic rings. The number of nitrogens with two attached hydrogens (primary N) is 4. The summed E-state index contributed by atoms with van der Waals surface area (Å²) in [4.78, 5) is 0. The molecule has 0 amide bonds. The number of aliphatic hydroxyl groups is 6. The van der Waals surface area contributed by atoms with Crippen molar-refractivity contribution in [2.75, 3.05) is 13.7 Å². The van der Waals surface area contributed by atoms with Crippen LogP contribution >= 0.6 is 0 Å². The van der Waals surface area contributed by atoms with Crippen LogP contribution in [0, 0.1) is 0 Å². The van der Waals surface area contributed by atoms with Crippen LogP contribution in [0.15, 0.2) is 0 Å². The smallest absolute Gasteiger partial charge is 0.189 e. The lowest BCUT2D eigenvalue weighted by molar-refractivity contribution is -0.373. The topological polar surface area (TPSA) is 284 Å². The second kappa shape index (κ2) is 11.8. The third-order valence-corrected chi connectivity index (χ3v) is 7.74. The molecule has 15 N–H and O–H groups in total. The summed E-state index contributed by atoms with van der Waals surface area (Å²) < 4.78 is 29.2. The van der Waals surface area contributed by atoms with Crippen molar-refractivity contribution in [3.05, 3.63) is 0 Å². The lowest BCUT2D eigenvalue weighted by atomic mass is 9.84. The van der Waals surface area contributed by atoms with Gasteiger partial charge in [-0.1, -0.05) is 0 Å². The summed E-state index contributed by atoms with van der Waals surface area (Å²) in [7, 11) is 1.55. The molecule has 16 nitrogen and oxygen atoms in total. The van der Waals surface area contributed by atoms with Gasteiger partial charge in [-0.15, -0.1) is 0 Å².